The molecule has 1 rings (SSSR count). The molecule has 1 aromatic rings. The fourth-order valence-corrected chi connectivity index (χ4v) is 0.379. The summed E-state index contributed by atoms with van der Waals surface area (Å²) >= 11 is 0. The SMILES string of the molecule is Cn1nnnc1[N+](=O)[O-]. The molecule has 0 aliphatic rings. The first-order valence-corrected chi connectivity index (χ1v) is 2.08. The van der Waals surface area contributed by atoms with Gasteiger partial charge in [0.2, 0.25) is 0 Å². The van der Waals surface area contributed by atoms with Crippen molar-refractivity contribution in [2.75, 3.05) is 0 Å². The Labute approximate surface area is 49.4 Å². The highest BCUT2D eigenvalue weighted by atomic mass is 16.6. The lowest BCUT2D eigenvalue weighted by molar-refractivity contribution is -0.397. The Balaban J connectivity index is 3.08. The van der Waals surface area contributed by atoms with Crippen LogP contribution in [0, 0.1) is 10.1 Å². The molecule has 1 heterocycles. The molecule has 0 atom stereocenters. The number of hydrogen-bond donors (Lipinski definition) is 0. The van der Waals surface area contributed by atoms with Gasteiger partial charge in [0, 0.05) is 5.21 Å². The molecule has 0 aliphatic heterocycles. The summed E-state index contributed by atoms with van der Waals surface area (Å²) in [6.07, 6.45) is 0. The molecule has 48 valence electrons. The van der Waals surface area contributed by atoms with Crippen LogP contribution < -0.4 is 0 Å². The summed E-state index contributed by atoms with van der Waals surface area (Å²) in [5.41, 5.74) is 0. The van der Waals surface area contributed by atoms with Crippen LogP contribution >= 0.6 is 0 Å². The molecule has 0 amide bonds. The molecule has 1 aromatic heterocycles. The fourth-order valence-electron chi connectivity index (χ4n) is 0.379. The quantitative estimate of drug-likeness (QED) is 0.363. The van der Waals surface area contributed by atoms with Crippen molar-refractivity contribution in [2.24, 2.45) is 7.05 Å². The highest BCUT2D eigenvalue weighted by molar-refractivity contribution is 4.95. The van der Waals surface area contributed by atoms with Crippen molar-refractivity contribution in [3.63, 3.8) is 0 Å². The second-order valence-electron chi connectivity index (χ2n) is 1.36. The third kappa shape index (κ3) is 0.831. The van der Waals surface area contributed by atoms with Crippen molar-refractivity contribution in [2.45, 2.75) is 0 Å². The van der Waals surface area contributed by atoms with Crippen LogP contribution in [0.2, 0.25) is 0 Å². The number of aromatic nitrogens is 4. The van der Waals surface area contributed by atoms with Crippen LogP contribution in [0.1, 0.15) is 0 Å². The van der Waals surface area contributed by atoms with Crippen molar-refractivity contribution in [1.82, 2.24) is 20.2 Å². The number of nitrogens with zero attached hydrogens (tertiary/aromatic N) is 5. The van der Waals surface area contributed by atoms with E-state index in [4.69, 9.17) is 0 Å². The summed E-state index contributed by atoms with van der Waals surface area (Å²) in [4.78, 5) is 9.27. The fraction of sp³-hybridized carbons (Fsp3) is 0.500. The molecule has 0 radical (unpaired) electrons. The molecule has 0 spiro atoms. The van der Waals surface area contributed by atoms with Crippen molar-refractivity contribution in [1.29, 1.82) is 0 Å². The molecule has 0 saturated heterocycles. The number of tetrazole rings is 1. The zero-order valence-electron chi connectivity index (χ0n) is 4.55. The van der Waals surface area contributed by atoms with Crippen LogP contribution in [0.4, 0.5) is 5.95 Å². The Morgan fingerprint density at radius 1 is 1.78 bits per heavy atom. The van der Waals surface area contributed by atoms with Crippen LogP contribution in [0.25, 0.3) is 0 Å². The molecule has 9 heavy (non-hydrogen) atoms. The standard InChI is InChI=1S/C2H3N5O2/c1-6-2(7(8)9)3-4-5-6/h1H3. The largest absolute Gasteiger partial charge is 0.479 e. The Bertz CT molecular complexity index is 229. The first-order valence-electron chi connectivity index (χ1n) is 2.08. The first-order chi connectivity index (χ1) is 4.22. The minimum Gasteiger partial charge on any atom is -0.390 e. The van der Waals surface area contributed by atoms with Gasteiger partial charge in [-0.1, -0.05) is 0 Å². The molecule has 0 aliphatic carbocycles. The third-order valence-electron chi connectivity index (χ3n) is 0.761. The van der Waals surface area contributed by atoms with Crippen LogP contribution in [0.5, 0.6) is 0 Å². The lowest BCUT2D eigenvalue weighted by atomic mass is 11.0. The van der Waals surface area contributed by atoms with Crippen LogP contribution in [-0.2, 0) is 7.05 Å². The van der Waals surface area contributed by atoms with E-state index in [-0.39, 0.29) is 5.95 Å². The number of hydrogen-bond acceptors (Lipinski definition) is 5. The molecule has 0 saturated carbocycles. The van der Waals surface area contributed by atoms with Crippen LogP contribution in [0.3, 0.4) is 0 Å². The van der Waals surface area contributed by atoms with Gasteiger partial charge in [-0.25, -0.2) is 0 Å². The highest BCUT2D eigenvalue weighted by Gasteiger charge is 2.12. The monoisotopic (exact) mass is 129 g/mol. The summed E-state index contributed by atoms with van der Waals surface area (Å²) in [7, 11) is 1.40. The molecule has 0 bridgehead atoms. The smallest absolute Gasteiger partial charge is 0.390 e. The van der Waals surface area contributed by atoms with Gasteiger partial charge in [-0.15, -0.1) is 4.68 Å². The zero-order valence-corrected chi connectivity index (χ0v) is 4.55. The van der Waals surface area contributed by atoms with Crippen molar-refractivity contribution in [3.8, 4) is 0 Å². The first kappa shape index (κ1) is 5.60. The van der Waals surface area contributed by atoms with E-state index in [1.807, 2.05) is 0 Å². The van der Waals surface area contributed by atoms with E-state index in [0.29, 0.717) is 0 Å². The van der Waals surface area contributed by atoms with Gasteiger partial charge in [-0.05, 0) is 4.92 Å². The minimum absolute atomic E-state index is 0.352. The molecule has 0 fully saturated rings. The molecule has 0 N–H and O–H groups in total. The van der Waals surface area contributed by atoms with Gasteiger partial charge in [0.1, 0.15) is 0 Å². The van der Waals surface area contributed by atoms with Crippen molar-refractivity contribution >= 4 is 5.95 Å². The number of rotatable bonds is 1. The molecule has 0 unspecified atom stereocenters. The predicted molar refractivity (Wildman–Crippen MR) is 25.5 cm³/mol. The maximum atomic E-state index is 9.93. The second-order valence-corrected chi connectivity index (χ2v) is 1.36. The molecular weight excluding hydrogens is 126 g/mol. The van der Waals surface area contributed by atoms with E-state index in [0.717, 1.165) is 4.68 Å². The van der Waals surface area contributed by atoms with Crippen molar-refractivity contribution < 1.29 is 4.92 Å². The Kier molecular flexibility index (Phi) is 1.10. The van der Waals surface area contributed by atoms with Gasteiger partial charge in [-0.3, -0.25) is 0 Å². The van der Waals surface area contributed by atoms with Gasteiger partial charge in [-0.2, -0.15) is 0 Å². The predicted octanol–water partition coefficient (Wildman–Crippen LogP) is -0.882. The molecule has 7 heteroatoms. The summed E-state index contributed by atoms with van der Waals surface area (Å²) < 4.78 is 0.986. The zero-order chi connectivity index (χ0) is 6.85. The summed E-state index contributed by atoms with van der Waals surface area (Å²) in [6, 6.07) is 0. The maximum Gasteiger partial charge on any atom is 0.479 e. The molecular formula is C2H3N5O2. The third-order valence-corrected chi connectivity index (χ3v) is 0.761. The average Bonchev–Trinajstić information content (AvgIpc) is 2.13. The Morgan fingerprint density at radius 3 is 2.67 bits per heavy atom. The van der Waals surface area contributed by atoms with Gasteiger partial charge >= 0.3 is 5.95 Å². The highest BCUT2D eigenvalue weighted by Crippen LogP contribution is 1.97. The van der Waals surface area contributed by atoms with Gasteiger partial charge < -0.3 is 10.1 Å². The van der Waals surface area contributed by atoms with E-state index in [1.165, 1.54) is 7.05 Å². The van der Waals surface area contributed by atoms with Gasteiger partial charge in [0.25, 0.3) is 0 Å². The normalized spacial score (nSPS) is 9.44. The summed E-state index contributed by atoms with van der Waals surface area (Å²) in [5.74, 6) is -0.352. The Hall–Kier alpha value is -1.53. The number of nitro groups is 1. The lowest BCUT2D eigenvalue weighted by Gasteiger charge is -1.86. The number of aryl methyl sites for hydroxylation is 1. The van der Waals surface area contributed by atoms with Crippen LogP contribution in [0.15, 0.2) is 0 Å². The van der Waals surface area contributed by atoms with E-state index < -0.39 is 4.92 Å². The topological polar surface area (TPSA) is 86.7 Å². The van der Waals surface area contributed by atoms with E-state index in [1.54, 1.807) is 0 Å². The minimum atomic E-state index is -0.653. The molecule has 0 aromatic carbocycles. The Morgan fingerprint density at radius 2 is 2.44 bits per heavy atom. The maximum absolute atomic E-state index is 9.93. The van der Waals surface area contributed by atoms with Crippen molar-refractivity contribution in [3.05, 3.63) is 10.1 Å². The average molecular weight is 129 g/mol. The van der Waals surface area contributed by atoms with Crippen LogP contribution in [-0.4, -0.2) is 25.1 Å². The van der Waals surface area contributed by atoms with Gasteiger partial charge in [0.15, 0.2) is 0 Å². The van der Waals surface area contributed by atoms with E-state index in [9.17, 15) is 10.1 Å². The van der Waals surface area contributed by atoms with Gasteiger partial charge in [0.05, 0.1) is 17.4 Å². The summed E-state index contributed by atoms with van der Waals surface area (Å²) in [6.45, 7) is 0. The summed E-state index contributed by atoms with van der Waals surface area (Å²) in [5, 5.41) is 19.4. The second kappa shape index (κ2) is 1.77. The van der Waals surface area contributed by atoms with E-state index >= 15 is 0 Å². The molecule has 7 nitrogen and oxygen atoms in total. The lowest BCUT2D eigenvalue weighted by Crippen LogP contribution is -1.98. The van der Waals surface area contributed by atoms with E-state index in [2.05, 4.69) is 15.5 Å².